The zero-order valence-corrected chi connectivity index (χ0v) is 29.3. The van der Waals surface area contributed by atoms with Crippen LogP contribution in [0.1, 0.15) is 55.0 Å². The molecular weight excluding hydrogens is 838 g/mol. The molecule has 1 saturated carbocycles. The molecule has 1 aliphatic rings. The van der Waals surface area contributed by atoms with Crippen molar-refractivity contribution >= 4 is 96.8 Å². The van der Waals surface area contributed by atoms with Crippen molar-refractivity contribution < 1.29 is 9.47 Å². The molecule has 5 rings (SSSR count). The van der Waals surface area contributed by atoms with Gasteiger partial charge in [-0.3, -0.25) is 4.79 Å². The summed E-state index contributed by atoms with van der Waals surface area (Å²) >= 11 is 17.9. The highest BCUT2D eigenvalue weighted by atomic mass is 79.9. The first kappa shape index (κ1) is 29.9. The number of methoxy groups -OCH3 is 1. The summed E-state index contributed by atoms with van der Waals surface area (Å²) < 4.78 is 17.5. The van der Waals surface area contributed by atoms with E-state index in [0.29, 0.717) is 39.3 Å². The molecule has 0 radical (unpaired) electrons. The number of fused-ring (bicyclic) bond motifs is 1. The van der Waals surface area contributed by atoms with Crippen LogP contribution in [0.5, 0.6) is 11.5 Å². The summed E-state index contributed by atoms with van der Waals surface area (Å²) in [4.78, 5) is 18.6. The van der Waals surface area contributed by atoms with Crippen molar-refractivity contribution in [2.75, 3.05) is 7.11 Å². The van der Waals surface area contributed by atoms with Crippen LogP contribution in [0.2, 0.25) is 0 Å². The maximum atomic E-state index is 13.7. The molecule has 0 atom stereocenters. The van der Waals surface area contributed by atoms with Gasteiger partial charge in [-0.2, -0.15) is 9.78 Å². The van der Waals surface area contributed by atoms with E-state index >= 15 is 0 Å². The van der Waals surface area contributed by atoms with Crippen LogP contribution in [-0.4, -0.2) is 23.0 Å². The second-order valence-corrected chi connectivity index (χ2v) is 13.7. The zero-order chi connectivity index (χ0) is 28.4. The Hall–Kier alpha value is -1.53. The van der Waals surface area contributed by atoms with Gasteiger partial charge in [0.2, 0.25) is 0 Å². The minimum atomic E-state index is -0.190. The first-order valence-electron chi connectivity index (χ1n) is 12.7. The van der Waals surface area contributed by atoms with E-state index < -0.39 is 0 Å². The van der Waals surface area contributed by atoms with Crippen molar-refractivity contribution in [3.05, 3.63) is 92.1 Å². The molecule has 0 saturated heterocycles. The lowest BCUT2D eigenvalue weighted by Gasteiger charge is -2.23. The smallest absolute Gasteiger partial charge is 0.282 e. The van der Waals surface area contributed by atoms with Crippen LogP contribution in [-0.2, 0) is 6.61 Å². The van der Waals surface area contributed by atoms with Crippen molar-refractivity contribution in [2.24, 2.45) is 5.10 Å². The summed E-state index contributed by atoms with van der Waals surface area (Å²) in [6.07, 6.45) is 7.10. The Morgan fingerprint density at radius 3 is 2.42 bits per heavy atom. The van der Waals surface area contributed by atoms with Gasteiger partial charge < -0.3 is 9.47 Å². The average Bonchev–Trinajstić information content (AvgIpc) is 2.95. The van der Waals surface area contributed by atoms with Gasteiger partial charge in [-0.1, -0.05) is 73.1 Å². The highest BCUT2D eigenvalue weighted by Crippen LogP contribution is 2.43. The molecule has 1 fully saturated rings. The summed E-state index contributed by atoms with van der Waals surface area (Å²) in [6.45, 7) is 0.334. The third kappa shape index (κ3) is 6.43. The molecule has 40 heavy (non-hydrogen) atoms. The van der Waals surface area contributed by atoms with Gasteiger partial charge in [-0.25, -0.2) is 4.98 Å². The van der Waals surface area contributed by atoms with Gasteiger partial charge in [0.25, 0.3) is 5.56 Å². The molecule has 1 aliphatic carbocycles. The number of ether oxygens (including phenoxy) is 2. The normalized spacial score (nSPS) is 14.2. The molecule has 0 unspecified atom stereocenters. The van der Waals surface area contributed by atoms with Crippen molar-refractivity contribution in [1.29, 1.82) is 0 Å². The first-order valence-corrected chi connectivity index (χ1v) is 16.6. The summed E-state index contributed by atoms with van der Waals surface area (Å²) in [6, 6.07) is 13.4. The molecule has 11 heteroatoms. The Kier molecular flexibility index (Phi) is 9.87. The highest BCUT2D eigenvalue weighted by molar-refractivity contribution is 9.13. The van der Waals surface area contributed by atoms with E-state index in [1.165, 1.54) is 11.1 Å². The number of nitrogens with zero attached hydrogens (tertiary/aromatic N) is 3. The Labute approximate surface area is 274 Å². The van der Waals surface area contributed by atoms with Gasteiger partial charge in [0.1, 0.15) is 12.4 Å². The van der Waals surface area contributed by atoms with Crippen molar-refractivity contribution in [1.82, 2.24) is 9.66 Å². The maximum Gasteiger partial charge on any atom is 0.282 e. The molecule has 0 spiro atoms. The Morgan fingerprint density at radius 2 is 1.70 bits per heavy atom. The molecule has 1 aromatic heterocycles. The van der Waals surface area contributed by atoms with Gasteiger partial charge in [-0.15, -0.1) is 0 Å². The molecule has 208 valence electrons. The van der Waals surface area contributed by atoms with E-state index in [1.807, 2.05) is 36.4 Å². The van der Waals surface area contributed by atoms with E-state index in [2.05, 4.69) is 79.6 Å². The Bertz CT molecular complexity index is 1670. The topological polar surface area (TPSA) is 65.7 Å². The number of benzene rings is 3. The standard InChI is InChI=1S/C29H24Br5N3O3/c1-39-24-11-18(25(33)26(34)27(24)40-15-17-7-8-20(31)13-22(17)32)14-35-37-28(16-5-3-2-4-6-16)36-23-10-9-19(30)12-21(23)29(37)38/h7-14,16H,2-6,15H2,1H3. The fraction of sp³-hybridized carbons (Fsp3) is 0.276. The highest BCUT2D eigenvalue weighted by Gasteiger charge is 2.23. The maximum absolute atomic E-state index is 13.7. The van der Waals surface area contributed by atoms with Gasteiger partial charge in [0, 0.05) is 34.9 Å². The minimum Gasteiger partial charge on any atom is -0.493 e. The molecule has 4 aromatic rings. The SMILES string of the molecule is COc1cc(C=Nn2c(C3CCCCC3)nc3ccc(Br)cc3c2=O)c(Br)c(Br)c1OCc1ccc(Br)cc1Br. The van der Waals surface area contributed by atoms with Crippen molar-refractivity contribution in [3.63, 3.8) is 0 Å². The van der Waals surface area contributed by atoms with Crippen molar-refractivity contribution in [2.45, 2.75) is 44.6 Å². The van der Waals surface area contributed by atoms with E-state index in [4.69, 9.17) is 19.6 Å². The summed E-state index contributed by atoms with van der Waals surface area (Å²) in [5.41, 5.74) is 2.20. The van der Waals surface area contributed by atoms with E-state index in [0.717, 1.165) is 54.7 Å². The molecule has 3 aromatic carbocycles. The largest absolute Gasteiger partial charge is 0.493 e. The monoisotopic (exact) mass is 857 g/mol. The minimum absolute atomic E-state index is 0.185. The quantitative estimate of drug-likeness (QED) is 0.174. The number of halogens is 5. The van der Waals surface area contributed by atoms with Gasteiger partial charge in [0.05, 0.1) is 28.7 Å². The molecule has 0 bridgehead atoms. The Balaban J connectivity index is 1.53. The van der Waals surface area contributed by atoms with Gasteiger partial charge in [-0.05, 0) is 81.1 Å². The second-order valence-electron chi connectivity index (χ2n) is 9.48. The molecule has 1 heterocycles. The first-order chi connectivity index (χ1) is 19.3. The third-order valence-corrected chi connectivity index (χ3v) is 10.7. The molecular formula is C29H24Br5N3O3. The van der Waals surface area contributed by atoms with Crippen LogP contribution in [0.4, 0.5) is 0 Å². The van der Waals surface area contributed by atoms with Gasteiger partial charge in [0.15, 0.2) is 11.5 Å². The number of aromatic nitrogens is 2. The van der Waals surface area contributed by atoms with Crippen LogP contribution in [0.15, 0.2) is 74.7 Å². The number of hydrogen-bond acceptors (Lipinski definition) is 5. The van der Waals surface area contributed by atoms with Gasteiger partial charge >= 0.3 is 0 Å². The number of rotatable bonds is 7. The lowest BCUT2D eigenvalue weighted by atomic mass is 9.88. The molecule has 6 nitrogen and oxygen atoms in total. The van der Waals surface area contributed by atoms with Crippen LogP contribution in [0.25, 0.3) is 10.9 Å². The Morgan fingerprint density at radius 1 is 0.975 bits per heavy atom. The number of hydrogen-bond donors (Lipinski definition) is 0. The fourth-order valence-corrected chi connectivity index (χ4v) is 7.25. The average molecular weight is 862 g/mol. The zero-order valence-electron chi connectivity index (χ0n) is 21.4. The molecule has 0 amide bonds. The van der Waals surface area contributed by atoms with Crippen molar-refractivity contribution in [3.8, 4) is 11.5 Å². The fourth-order valence-electron chi connectivity index (χ4n) is 4.80. The molecule has 0 N–H and O–H groups in total. The summed E-state index contributed by atoms with van der Waals surface area (Å²) in [5, 5.41) is 5.22. The van der Waals surface area contributed by atoms with Crippen LogP contribution in [0, 0.1) is 0 Å². The predicted molar refractivity (Wildman–Crippen MR) is 177 cm³/mol. The van der Waals surface area contributed by atoms with E-state index in [-0.39, 0.29) is 11.5 Å². The lowest BCUT2D eigenvalue weighted by molar-refractivity contribution is 0.281. The summed E-state index contributed by atoms with van der Waals surface area (Å²) in [5.74, 6) is 1.98. The van der Waals surface area contributed by atoms with Crippen LogP contribution in [0.3, 0.4) is 0 Å². The third-order valence-electron chi connectivity index (χ3n) is 6.88. The van der Waals surface area contributed by atoms with E-state index in [9.17, 15) is 4.79 Å². The summed E-state index contributed by atoms with van der Waals surface area (Å²) in [7, 11) is 1.59. The lowest BCUT2D eigenvalue weighted by Crippen LogP contribution is -2.25. The second kappa shape index (κ2) is 13.2. The van der Waals surface area contributed by atoms with Crippen LogP contribution >= 0.6 is 79.6 Å². The molecule has 0 aliphatic heterocycles. The van der Waals surface area contributed by atoms with Crippen LogP contribution < -0.4 is 15.0 Å². The van der Waals surface area contributed by atoms with E-state index in [1.54, 1.807) is 19.4 Å². The predicted octanol–water partition coefficient (Wildman–Crippen LogP) is 9.73.